The second kappa shape index (κ2) is 6.81. The Morgan fingerprint density at radius 1 is 0.957 bits per heavy atom. The number of carbonyl (C=O) groups excluding carboxylic acids is 1. The van der Waals surface area contributed by atoms with Gasteiger partial charge in [-0.1, -0.05) is 29.3 Å². The zero-order valence-electron chi connectivity index (χ0n) is 12.9. The first kappa shape index (κ1) is 16.2. The van der Waals surface area contributed by atoms with Gasteiger partial charge in [0, 0.05) is 47.5 Å². The van der Waals surface area contributed by atoms with Crippen molar-refractivity contribution in [3.63, 3.8) is 0 Å². The molecule has 0 saturated carbocycles. The molecule has 2 aromatic carbocycles. The van der Waals surface area contributed by atoms with E-state index < -0.39 is 0 Å². The van der Waals surface area contributed by atoms with Crippen LogP contribution in [0.3, 0.4) is 0 Å². The molecule has 0 bridgehead atoms. The summed E-state index contributed by atoms with van der Waals surface area (Å²) in [5, 5.41) is 1.42. The molecule has 1 saturated heterocycles. The molecule has 0 unspecified atom stereocenters. The van der Waals surface area contributed by atoms with Crippen LogP contribution in [0.15, 0.2) is 42.5 Å². The second-order valence-electron chi connectivity index (χ2n) is 5.72. The normalized spacial score (nSPS) is 14.9. The molecule has 1 aliphatic rings. The van der Waals surface area contributed by atoms with Crippen molar-refractivity contribution in [3.05, 3.63) is 63.6 Å². The van der Waals surface area contributed by atoms with Crippen molar-refractivity contribution in [1.29, 1.82) is 0 Å². The number of anilines is 1. The van der Waals surface area contributed by atoms with Crippen LogP contribution in [0, 0.1) is 6.92 Å². The van der Waals surface area contributed by atoms with Crippen LogP contribution in [0.4, 0.5) is 5.69 Å². The zero-order chi connectivity index (χ0) is 16.4. The molecule has 1 heterocycles. The highest BCUT2D eigenvalue weighted by Gasteiger charge is 2.22. The molecule has 1 fully saturated rings. The van der Waals surface area contributed by atoms with E-state index in [9.17, 15) is 4.79 Å². The Morgan fingerprint density at radius 2 is 1.61 bits per heavy atom. The average Bonchev–Trinajstić information content (AvgIpc) is 2.57. The van der Waals surface area contributed by atoms with Crippen molar-refractivity contribution in [3.8, 4) is 0 Å². The predicted octanol–water partition coefficient (Wildman–Crippen LogP) is 4.26. The summed E-state index contributed by atoms with van der Waals surface area (Å²) in [6.07, 6.45) is 0. The van der Waals surface area contributed by atoms with E-state index in [2.05, 4.69) is 11.0 Å². The standard InChI is InChI=1S/C18H18Cl2N2O/c1-13-2-7-16(12-17(13)20)21-8-10-22(11-9-21)18(23)14-3-5-15(19)6-4-14/h2-7,12H,8-11H2,1H3. The summed E-state index contributed by atoms with van der Waals surface area (Å²) in [5.41, 5.74) is 2.87. The minimum Gasteiger partial charge on any atom is -0.368 e. The van der Waals surface area contributed by atoms with Gasteiger partial charge < -0.3 is 9.80 Å². The Balaban J connectivity index is 1.64. The molecule has 5 heteroatoms. The van der Waals surface area contributed by atoms with Gasteiger partial charge in [0.15, 0.2) is 0 Å². The van der Waals surface area contributed by atoms with Crippen molar-refractivity contribution in [2.75, 3.05) is 31.1 Å². The first-order valence-corrected chi connectivity index (χ1v) is 8.36. The van der Waals surface area contributed by atoms with Gasteiger partial charge in [-0.15, -0.1) is 0 Å². The van der Waals surface area contributed by atoms with E-state index in [1.165, 1.54) is 0 Å². The number of nitrogens with zero attached hydrogens (tertiary/aromatic N) is 2. The first-order valence-electron chi connectivity index (χ1n) is 7.60. The first-order chi connectivity index (χ1) is 11.0. The van der Waals surface area contributed by atoms with Crippen molar-refractivity contribution in [2.45, 2.75) is 6.92 Å². The van der Waals surface area contributed by atoms with Crippen molar-refractivity contribution >= 4 is 34.8 Å². The largest absolute Gasteiger partial charge is 0.368 e. The number of piperazine rings is 1. The molecule has 1 aliphatic heterocycles. The molecule has 3 rings (SSSR count). The molecular formula is C18H18Cl2N2O. The Labute approximate surface area is 146 Å². The lowest BCUT2D eigenvalue weighted by Gasteiger charge is -2.36. The van der Waals surface area contributed by atoms with Gasteiger partial charge in [0.1, 0.15) is 0 Å². The van der Waals surface area contributed by atoms with E-state index in [0.29, 0.717) is 23.7 Å². The quantitative estimate of drug-likeness (QED) is 0.809. The van der Waals surface area contributed by atoms with Crippen molar-refractivity contribution in [1.82, 2.24) is 4.90 Å². The number of halogens is 2. The summed E-state index contributed by atoms with van der Waals surface area (Å²) in [6, 6.07) is 13.2. The van der Waals surface area contributed by atoms with Crippen molar-refractivity contribution in [2.24, 2.45) is 0 Å². The summed E-state index contributed by atoms with van der Waals surface area (Å²) in [5.74, 6) is 0.0586. The molecule has 120 valence electrons. The Bertz CT molecular complexity index is 707. The number of hydrogen-bond donors (Lipinski definition) is 0. The minimum atomic E-state index is 0.0586. The summed E-state index contributed by atoms with van der Waals surface area (Å²) in [6.45, 7) is 5.01. The number of hydrogen-bond acceptors (Lipinski definition) is 2. The molecule has 1 amide bonds. The summed E-state index contributed by atoms with van der Waals surface area (Å²) >= 11 is 12.1. The fraction of sp³-hybridized carbons (Fsp3) is 0.278. The lowest BCUT2D eigenvalue weighted by Crippen LogP contribution is -2.48. The maximum absolute atomic E-state index is 12.5. The number of carbonyl (C=O) groups is 1. The zero-order valence-corrected chi connectivity index (χ0v) is 14.4. The van der Waals surface area contributed by atoms with Gasteiger partial charge in [0.2, 0.25) is 0 Å². The summed E-state index contributed by atoms with van der Waals surface area (Å²) in [7, 11) is 0. The van der Waals surface area contributed by atoms with Gasteiger partial charge in [-0.25, -0.2) is 0 Å². The van der Waals surface area contributed by atoms with Crippen LogP contribution >= 0.6 is 23.2 Å². The fourth-order valence-corrected chi connectivity index (χ4v) is 3.02. The molecule has 3 nitrogen and oxygen atoms in total. The topological polar surface area (TPSA) is 23.6 Å². The molecular weight excluding hydrogens is 331 g/mol. The van der Waals surface area contributed by atoms with E-state index in [1.54, 1.807) is 24.3 Å². The number of rotatable bonds is 2. The maximum Gasteiger partial charge on any atom is 0.253 e. The lowest BCUT2D eigenvalue weighted by molar-refractivity contribution is 0.0747. The summed E-state index contributed by atoms with van der Waals surface area (Å²) in [4.78, 5) is 16.6. The smallest absolute Gasteiger partial charge is 0.253 e. The third kappa shape index (κ3) is 3.62. The van der Waals surface area contributed by atoms with Crippen LogP contribution in [0.1, 0.15) is 15.9 Å². The monoisotopic (exact) mass is 348 g/mol. The van der Waals surface area contributed by atoms with E-state index >= 15 is 0 Å². The van der Waals surface area contributed by atoms with Gasteiger partial charge in [-0.2, -0.15) is 0 Å². The van der Waals surface area contributed by atoms with E-state index in [-0.39, 0.29) is 5.91 Å². The molecule has 2 aromatic rings. The van der Waals surface area contributed by atoms with Gasteiger partial charge >= 0.3 is 0 Å². The third-order valence-corrected chi connectivity index (χ3v) is 4.84. The third-order valence-electron chi connectivity index (χ3n) is 4.18. The van der Waals surface area contributed by atoms with Crippen LogP contribution in [0.5, 0.6) is 0 Å². The Kier molecular flexibility index (Phi) is 4.79. The van der Waals surface area contributed by atoms with Gasteiger partial charge in [0.05, 0.1) is 0 Å². The van der Waals surface area contributed by atoms with Gasteiger partial charge in [-0.05, 0) is 48.9 Å². The van der Waals surface area contributed by atoms with Crippen molar-refractivity contribution < 1.29 is 4.79 Å². The highest BCUT2D eigenvalue weighted by molar-refractivity contribution is 6.31. The lowest BCUT2D eigenvalue weighted by atomic mass is 10.1. The Hall–Kier alpha value is -1.71. The SMILES string of the molecule is Cc1ccc(N2CCN(C(=O)c3ccc(Cl)cc3)CC2)cc1Cl. The van der Waals surface area contributed by atoms with Crippen LogP contribution in [-0.2, 0) is 0 Å². The van der Waals surface area contributed by atoms with E-state index in [4.69, 9.17) is 23.2 Å². The molecule has 0 spiro atoms. The molecule has 0 N–H and O–H groups in total. The summed E-state index contributed by atoms with van der Waals surface area (Å²) < 4.78 is 0. The van der Waals surface area contributed by atoms with Gasteiger partial charge in [-0.3, -0.25) is 4.79 Å². The molecule has 0 radical (unpaired) electrons. The van der Waals surface area contributed by atoms with Gasteiger partial charge in [0.25, 0.3) is 5.91 Å². The average molecular weight is 349 g/mol. The predicted molar refractivity (Wildman–Crippen MR) is 95.8 cm³/mol. The molecule has 0 aliphatic carbocycles. The number of aryl methyl sites for hydroxylation is 1. The second-order valence-corrected chi connectivity index (χ2v) is 6.56. The number of amides is 1. The van der Waals surface area contributed by atoms with E-state index in [0.717, 1.165) is 29.4 Å². The minimum absolute atomic E-state index is 0.0586. The number of benzene rings is 2. The molecule has 0 atom stereocenters. The van der Waals surface area contributed by atoms with E-state index in [1.807, 2.05) is 24.0 Å². The van der Waals surface area contributed by atoms with Crippen LogP contribution in [-0.4, -0.2) is 37.0 Å². The van der Waals surface area contributed by atoms with Crippen LogP contribution < -0.4 is 4.90 Å². The highest BCUT2D eigenvalue weighted by atomic mass is 35.5. The maximum atomic E-state index is 12.5. The Morgan fingerprint density at radius 3 is 2.22 bits per heavy atom. The van der Waals surface area contributed by atoms with Crippen LogP contribution in [0.2, 0.25) is 10.0 Å². The highest BCUT2D eigenvalue weighted by Crippen LogP contribution is 2.24. The molecule has 0 aromatic heterocycles. The molecule has 23 heavy (non-hydrogen) atoms. The van der Waals surface area contributed by atoms with Crippen LogP contribution in [0.25, 0.3) is 0 Å². The fourth-order valence-electron chi connectivity index (χ4n) is 2.72.